The Morgan fingerprint density at radius 3 is 2.29 bits per heavy atom. The van der Waals surface area contributed by atoms with E-state index in [1.165, 1.54) is 20.0 Å². The van der Waals surface area contributed by atoms with Gasteiger partial charge < -0.3 is 4.74 Å². The molecule has 0 aromatic heterocycles. The summed E-state index contributed by atoms with van der Waals surface area (Å²) in [7, 11) is 1.42. The summed E-state index contributed by atoms with van der Waals surface area (Å²) >= 11 is 0. The van der Waals surface area contributed by atoms with Gasteiger partial charge in [-0.05, 0) is 12.3 Å². The molecule has 21 heavy (non-hydrogen) atoms. The Labute approximate surface area is 139 Å². The van der Waals surface area contributed by atoms with Gasteiger partial charge in [0.2, 0.25) is 0 Å². The van der Waals surface area contributed by atoms with Crippen LogP contribution in [0.15, 0.2) is 0 Å². The quantitative estimate of drug-likeness (QED) is 0.264. The highest BCUT2D eigenvalue weighted by atomic mass is 16.5. The van der Waals surface area contributed by atoms with Crippen LogP contribution in [0.2, 0.25) is 0 Å². The summed E-state index contributed by atoms with van der Waals surface area (Å²) < 4.78 is 44.7. The average molecular weight is 302 g/mol. The molecule has 6 unspecified atom stereocenters. The normalized spacial score (nSPS) is 40.1. The van der Waals surface area contributed by atoms with Gasteiger partial charge in [0.15, 0.2) is 0 Å². The van der Waals surface area contributed by atoms with Crippen molar-refractivity contribution in [2.45, 2.75) is 103 Å². The molecule has 1 aliphatic rings. The molecule has 2 heteroatoms. The predicted octanol–water partition coefficient (Wildman–Crippen LogP) is 6.03. The van der Waals surface area contributed by atoms with Crippen molar-refractivity contribution in [2.24, 2.45) is 5.92 Å². The van der Waals surface area contributed by atoms with E-state index in [9.17, 15) is 4.79 Å². The largest absolute Gasteiger partial charge is 0.469 e. The molecule has 0 bridgehead atoms. The molecule has 0 N–H and O–H groups in total. The van der Waals surface area contributed by atoms with Crippen molar-refractivity contribution in [1.29, 1.82) is 0 Å². The minimum atomic E-state index is -0.927. The molecular formula is C19H36O2. The first-order chi connectivity index (χ1) is 12.4. The second-order valence-corrected chi connectivity index (χ2v) is 5.94. The zero-order chi connectivity index (χ0) is 19.5. The fourth-order valence-electron chi connectivity index (χ4n) is 2.75. The lowest BCUT2D eigenvalue weighted by Crippen LogP contribution is -1.99. The van der Waals surface area contributed by atoms with Gasteiger partial charge in [0, 0.05) is 13.3 Å². The van der Waals surface area contributed by atoms with Crippen LogP contribution in [-0.2, 0) is 9.53 Å². The monoisotopic (exact) mass is 301 g/mol. The fraction of sp³-hybridized carbons (Fsp3) is 0.947. The highest BCUT2D eigenvalue weighted by molar-refractivity contribution is 5.68. The first-order valence-corrected chi connectivity index (χ1v) is 8.56. The molecule has 6 atom stereocenters. The molecule has 1 saturated carbocycles. The lowest BCUT2D eigenvalue weighted by molar-refractivity contribution is -0.140. The van der Waals surface area contributed by atoms with Gasteiger partial charge in [-0.3, -0.25) is 4.79 Å². The smallest absolute Gasteiger partial charge is 0.305 e. The molecule has 0 aromatic carbocycles. The Balaban J connectivity index is 2.10. The molecule has 0 aromatic rings. The molecule has 0 aliphatic heterocycles. The topological polar surface area (TPSA) is 26.3 Å². The van der Waals surface area contributed by atoms with E-state index in [1.54, 1.807) is 0 Å². The van der Waals surface area contributed by atoms with Crippen molar-refractivity contribution in [3.63, 3.8) is 0 Å². The van der Waals surface area contributed by atoms with E-state index in [2.05, 4.69) is 4.74 Å². The van der Waals surface area contributed by atoms with Crippen LogP contribution in [-0.4, -0.2) is 13.1 Å². The maximum atomic E-state index is 11.0. The van der Waals surface area contributed by atoms with E-state index in [0.29, 0.717) is 12.8 Å². The minimum absolute atomic E-state index is 0.0125. The van der Waals surface area contributed by atoms with Crippen LogP contribution in [0.25, 0.3) is 0 Å². The Kier molecular flexibility index (Phi) is 7.49. The van der Waals surface area contributed by atoms with E-state index in [-0.39, 0.29) is 11.9 Å². The molecule has 0 saturated heterocycles. The third kappa shape index (κ3) is 10.8. The van der Waals surface area contributed by atoms with Crippen molar-refractivity contribution in [1.82, 2.24) is 0 Å². The zero-order valence-electron chi connectivity index (χ0n) is 18.6. The van der Waals surface area contributed by atoms with Crippen molar-refractivity contribution >= 4 is 5.97 Å². The van der Waals surface area contributed by atoms with Crippen molar-refractivity contribution in [3.05, 3.63) is 0 Å². The van der Waals surface area contributed by atoms with Gasteiger partial charge in [0.25, 0.3) is 0 Å². The highest BCUT2D eigenvalue weighted by Gasteiger charge is 2.11. The van der Waals surface area contributed by atoms with Crippen LogP contribution in [0.5, 0.6) is 0 Å². The van der Waals surface area contributed by atoms with Crippen LogP contribution >= 0.6 is 0 Å². The first-order valence-electron chi connectivity index (χ1n) is 11.4. The van der Waals surface area contributed by atoms with Gasteiger partial charge in [0.05, 0.1) is 7.11 Å². The van der Waals surface area contributed by atoms with Gasteiger partial charge in [-0.2, -0.15) is 0 Å². The maximum Gasteiger partial charge on any atom is 0.305 e. The molecule has 0 heterocycles. The summed E-state index contributed by atoms with van der Waals surface area (Å²) in [5, 5.41) is 0. The number of rotatable bonds is 11. The number of unbranched alkanes of at least 4 members (excludes halogenated alkanes) is 7. The Morgan fingerprint density at radius 2 is 1.57 bits per heavy atom. The van der Waals surface area contributed by atoms with E-state index in [4.69, 9.17) is 6.85 Å². The van der Waals surface area contributed by atoms with E-state index >= 15 is 0 Å². The van der Waals surface area contributed by atoms with Gasteiger partial charge >= 0.3 is 5.97 Å². The second kappa shape index (κ2) is 13.2. The minimum Gasteiger partial charge on any atom is -0.469 e. The highest BCUT2D eigenvalue weighted by Crippen LogP contribution is 2.27. The summed E-state index contributed by atoms with van der Waals surface area (Å²) in [6, 6.07) is 0. The van der Waals surface area contributed by atoms with Crippen LogP contribution in [0.1, 0.15) is 109 Å². The van der Waals surface area contributed by atoms with Crippen molar-refractivity contribution in [3.8, 4) is 0 Å². The first kappa shape index (κ1) is 12.0. The van der Waals surface area contributed by atoms with Gasteiger partial charge in [-0.25, -0.2) is 0 Å². The third-order valence-electron chi connectivity index (χ3n) is 4.11. The number of carbonyl (C=O) groups excluding carboxylic acids is 1. The number of carbonyl (C=O) groups is 1. The molecular weight excluding hydrogens is 260 g/mol. The van der Waals surface area contributed by atoms with Gasteiger partial charge in [-0.1, -0.05) is 89.8 Å². The molecule has 124 valence electrons. The summed E-state index contributed by atoms with van der Waals surface area (Å²) in [4.78, 5) is 11.0. The van der Waals surface area contributed by atoms with Crippen LogP contribution < -0.4 is 0 Å². The fourth-order valence-corrected chi connectivity index (χ4v) is 2.75. The van der Waals surface area contributed by atoms with E-state index in [1.807, 2.05) is 0 Å². The molecule has 1 aliphatic carbocycles. The van der Waals surface area contributed by atoms with Gasteiger partial charge in [-0.15, -0.1) is 0 Å². The average Bonchev–Trinajstić information content (AvgIpc) is 2.70. The summed E-state index contributed by atoms with van der Waals surface area (Å²) in [5.74, 6) is -0.143. The molecule has 0 radical (unpaired) electrons. The predicted molar refractivity (Wildman–Crippen MR) is 89.4 cm³/mol. The van der Waals surface area contributed by atoms with E-state index in [0.717, 1.165) is 44.9 Å². The Bertz CT molecular complexity index is 396. The van der Waals surface area contributed by atoms with Crippen LogP contribution in [0.4, 0.5) is 0 Å². The van der Waals surface area contributed by atoms with Crippen LogP contribution in [0, 0.1) is 5.92 Å². The lowest BCUT2D eigenvalue weighted by Gasteiger charge is -2.13. The zero-order valence-corrected chi connectivity index (χ0v) is 13.6. The lowest BCUT2D eigenvalue weighted by atomic mass is 9.93. The second-order valence-electron chi connectivity index (χ2n) is 5.94. The number of ether oxygens (including phenoxy) is 1. The molecule has 1 fully saturated rings. The molecule has 0 amide bonds. The summed E-state index contributed by atoms with van der Waals surface area (Å²) in [6.45, 7) is 0. The van der Waals surface area contributed by atoms with Crippen molar-refractivity contribution < 1.29 is 16.4 Å². The Hall–Kier alpha value is -0.530. The molecule has 1 rings (SSSR count). The number of hydrogen-bond donors (Lipinski definition) is 0. The standard InChI is InChI=1S/C19H36O2/c1-21-19(20)17-13-7-5-3-2-4-6-10-14-18-15-11-8-9-12-16-18/h18H,2-17H2,1H3/i8D,9D,11D,12D,15D. The summed E-state index contributed by atoms with van der Waals surface area (Å²) in [6.07, 6.45) is 6.69. The number of hydrogen-bond acceptors (Lipinski definition) is 2. The van der Waals surface area contributed by atoms with Crippen LogP contribution in [0.3, 0.4) is 0 Å². The summed E-state index contributed by atoms with van der Waals surface area (Å²) in [5.41, 5.74) is 0. The number of esters is 1. The Morgan fingerprint density at radius 1 is 0.952 bits per heavy atom. The van der Waals surface area contributed by atoms with Crippen molar-refractivity contribution in [2.75, 3.05) is 7.11 Å². The molecule has 0 spiro atoms. The van der Waals surface area contributed by atoms with Gasteiger partial charge in [0.1, 0.15) is 0 Å². The number of methoxy groups -OCH3 is 1. The van der Waals surface area contributed by atoms with E-state index < -0.39 is 32.0 Å². The SMILES string of the molecule is [2H]C1CC(CCCCCCCCCCC(=O)OC)C([2H])C([2H])C([2H])C1[2H]. The maximum absolute atomic E-state index is 11.0. The third-order valence-corrected chi connectivity index (χ3v) is 4.11. The molecule has 2 nitrogen and oxygen atoms in total.